The van der Waals surface area contributed by atoms with E-state index in [1.165, 1.54) is 51.6 Å². The second-order valence-corrected chi connectivity index (χ2v) is 6.03. The Kier molecular flexibility index (Phi) is 4.26. The molecule has 0 radical (unpaired) electrons. The minimum absolute atomic E-state index is 0.351. The second kappa shape index (κ2) is 5.50. The largest absolute Gasteiger partial charge is 0.396 e. The van der Waals surface area contributed by atoms with Crippen molar-refractivity contribution in [2.24, 2.45) is 5.41 Å². The van der Waals surface area contributed by atoms with Crippen molar-refractivity contribution in [3.05, 3.63) is 0 Å². The maximum absolute atomic E-state index is 8.85. The van der Waals surface area contributed by atoms with Crippen molar-refractivity contribution in [2.45, 2.75) is 64.3 Å². The van der Waals surface area contributed by atoms with Crippen molar-refractivity contribution >= 4 is 0 Å². The molecule has 1 saturated heterocycles. The predicted molar refractivity (Wildman–Crippen MR) is 67.5 cm³/mol. The molecule has 2 heteroatoms. The molecule has 1 unspecified atom stereocenters. The molecule has 1 N–H and O–H groups in total. The highest BCUT2D eigenvalue weighted by Crippen LogP contribution is 2.43. The Balaban J connectivity index is 1.74. The van der Waals surface area contributed by atoms with Gasteiger partial charge in [-0.2, -0.15) is 0 Å². The van der Waals surface area contributed by atoms with E-state index in [4.69, 9.17) is 5.11 Å². The van der Waals surface area contributed by atoms with E-state index >= 15 is 0 Å². The van der Waals surface area contributed by atoms with E-state index in [0.29, 0.717) is 18.1 Å². The van der Waals surface area contributed by atoms with E-state index in [9.17, 15) is 0 Å². The molecule has 0 amide bonds. The number of hydrogen-bond donors (Lipinski definition) is 1. The van der Waals surface area contributed by atoms with Crippen molar-refractivity contribution < 1.29 is 5.11 Å². The van der Waals surface area contributed by atoms with Gasteiger partial charge in [-0.15, -0.1) is 0 Å². The Morgan fingerprint density at radius 1 is 1.12 bits per heavy atom. The maximum Gasteiger partial charge on any atom is 0.0431 e. The van der Waals surface area contributed by atoms with Crippen LogP contribution in [-0.4, -0.2) is 35.7 Å². The molecule has 2 rings (SSSR count). The lowest BCUT2D eigenvalue weighted by molar-refractivity contribution is -0.0400. The highest BCUT2D eigenvalue weighted by atomic mass is 16.2. The van der Waals surface area contributed by atoms with Crippen LogP contribution in [0.4, 0.5) is 0 Å². The van der Waals surface area contributed by atoms with Crippen LogP contribution < -0.4 is 0 Å². The lowest BCUT2D eigenvalue weighted by atomic mass is 9.73. The molecule has 1 spiro atoms. The van der Waals surface area contributed by atoms with Crippen LogP contribution in [0.5, 0.6) is 0 Å². The summed E-state index contributed by atoms with van der Waals surface area (Å²) in [5.74, 6) is 0. The molecule has 1 heterocycles. The SMILES string of the molecule is CC(CCCO)N1CC2(CCCCCC2)C1. The van der Waals surface area contributed by atoms with Crippen LogP contribution in [0.1, 0.15) is 58.3 Å². The average molecular weight is 225 g/mol. The molecule has 0 bridgehead atoms. The Morgan fingerprint density at radius 2 is 1.75 bits per heavy atom. The van der Waals surface area contributed by atoms with Crippen LogP contribution >= 0.6 is 0 Å². The van der Waals surface area contributed by atoms with Crippen molar-refractivity contribution in [1.82, 2.24) is 4.90 Å². The monoisotopic (exact) mass is 225 g/mol. The molecule has 16 heavy (non-hydrogen) atoms. The van der Waals surface area contributed by atoms with Gasteiger partial charge in [0.1, 0.15) is 0 Å². The van der Waals surface area contributed by atoms with Gasteiger partial charge in [-0.3, -0.25) is 4.90 Å². The predicted octanol–water partition coefficient (Wildman–Crippen LogP) is 2.80. The molecule has 0 aromatic rings. The Hall–Kier alpha value is -0.0800. The quantitative estimate of drug-likeness (QED) is 0.795. The molecule has 2 nitrogen and oxygen atoms in total. The minimum atomic E-state index is 0.351. The molecule has 1 atom stereocenters. The average Bonchev–Trinajstić information content (AvgIpc) is 2.49. The second-order valence-electron chi connectivity index (χ2n) is 6.03. The first-order valence-electron chi connectivity index (χ1n) is 7.11. The third kappa shape index (κ3) is 2.78. The van der Waals surface area contributed by atoms with Gasteiger partial charge in [0, 0.05) is 25.7 Å². The molecule has 2 aliphatic rings. The lowest BCUT2D eigenvalue weighted by Gasteiger charge is -2.53. The number of hydrogen-bond acceptors (Lipinski definition) is 2. The molecule has 1 saturated carbocycles. The van der Waals surface area contributed by atoms with Gasteiger partial charge in [-0.05, 0) is 38.0 Å². The topological polar surface area (TPSA) is 23.5 Å². The molecular formula is C14H27NO. The molecule has 0 aromatic heterocycles. The molecule has 0 aromatic carbocycles. The Bertz CT molecular complexity index is 201. The van der Waals surface area contributed by atoms with Gasteiger partial charge in [0.2, 0.25) is 0 Å². The summed E-state index contributed by atoms with van der Waals surface area (Å²) in [4.78, 5) is 2.63. The minimum Gasteiger partial charge on any atom is -0.396 e. The highest BCUT2D eigenvalue weighted by Gasteiger charge is 2.43. The fraction of sp³-hybridized carbons (Fsp3) is 1.00. The summed E-state index contributed by atoms with van der Waals surface area (Å²) in [7, 11) is 0. The zero-order valence-corrected chi connectivity index (χ0v) is 10.7. The number of aliphatic hydroxyl groups is 1. The number of rotatable bonds is 4. The van der Waals surface area contributed by atoms with E-state index in [2.05, 4.69) is 11.8 Å². The summed E-state index contributed by atoms with van der Waals surface area (Å²) in [5.41, 5.74) is 0.698. The van der Waals surface area contributed by atoms with Gasteiger partial charge in [0.25, 0.3) is 0 Å². The molecular weight excluding hydrogens is 198 g/mol. The van der Waals surface area contributed by atoms with Crippen molar-refractivity contribution in [3.8, 4) is 0 Å². The first-order chi connectivity index (χ1) is 7.76. The summed E-state index contributed by atoms with van der Waals surface area (Å²) in [6, 6.07) is 0.682. The van der Waals surface area contributed by atoms with Crippen LogP contribution in [0.25, 0.3) is 0 Å². The van der Waals surface area contributed by atoms with Crippen molar-refractivity contribution in [3.63, 3.8) is 0 Å². The van der Waals surface area contributed by atoms with E-state index in [0.717, 1.165) is 12.8 Å². The summed E-state index contributed by atoms with van der Waals surface area (Å²) < 4.78 is 0. The molecule has 2 fully saturated rings. The number of likely N-dealkylation sites (tertiary alicyclic amines) is 1. The zero-order chi connectivity index (χ0) is 11.4. The van der Waals surface area contributed by atoms with E-state index in [1.807, 2.05) is 0 Å². The van der Waals surface area contributed by atoms with Gasteiger partial charge < -0.3 is 5.11 Å². The maximum atomic E-state index is 8.85. The van der Waals surface area contributed by atoms with Gasteiger partial charge in [-0.1, -0.05) is 25.7 Å². The third-order valence-corrected chi connectivity index (χ3v) is 4.64. The van der Waals surface area contributed by atoms with Gasteiger partial charge in [-0.25, -0.2) is 0 Å². The summed E-state index contributed by atoms with van der Waals surface area (Å²) in [6.45, 7) is 5.34. The van der Waals surface area contributed by atoms with Crippen LogP contribution in [-0.2, 0) is 0 Å². The number of nitrogens with zero attached hydrogens (tertiary/aromatic N) is 1. The van der Waals surface area contributed by atoms with Crippen molar-refractivity contribution in [1.29, 1.82) is 0 Å². The Labute approximate surface area is 100 Å². The molecule has 94 valence electrons. The fourth-order valence-corrected chi connectivity index (χ4v) is 3.49. The molecule has 1 aliphatic carbocycles. The van der Waals surface area contributed by atoms with E-state index in [-0.39, 0.29) is 0 Å². The van der Waals surface area contributed by atoms with Gasteiger partial charge in [0.05, 0.1) is 0 Å². The first kappa shape index (κ1) is 12.4. The smallest absolute Gasteiger partial charge is 0.0431 e. The molecule has 1 aliphatic heterocycles. The fourth-order valence-electron chi connectivity index (χ4n) is 3.49. The lowest BCUT2D eigenvalue weighted by Crippen LogP contribution is -2.59. The zero-order valence-electron chi connectivity index (χ0n) is 10.7. The van der Waals surface area contributed by atoms with Crippen LogP contribution in [0, 0.1) is 5.41 Å². The number of aliphatic hydroxyl groups excluding tert-OH is 1. The van der Waals surface area contributed by atoms with E-state index in [1.54, 1.807) is 0 Å². The highest BCUT2D eigenvalue weighted by molar-refractivity contribution is 4.97. The van der Waals surface area contributed by atoms with Crippen LogP contribution in [0.2, 0.25) is 0 Å². The van der Waals surface area contributed by atoms with Crippen molar-refractivity contribution in [2.75, 3.05) is 19.7 Å². The van der Waals surface area contributed by atoms with E-state index < -0.39 is 0 Å². The normalized spacial score (nSPS) is 27.4. The van der Waals surface area contributed by atoms with Gasteiger partial charge >= 0.3 is 0 Å². The Morgan fingerprint density at radius 3 is 2.31 bits per heavy atom. The third-order valence-electron chi connectivity index (χ3n) is 4.64. The standard InChI is InChI=1S/C14H27NO/c1-13(7-6-10-16)15-11-14(12-15)8-4-2-3-5-9-14/h13,16H,2-12H2,1H3. The summed E-state index contributed by atoms with van der Waals surface area (Å²) in [6.07, 6.45) is 10.9. The van der Waals surface area contributed by atoms with Gasteiger partial charge in [0.15, 0.2) is 0 Å². The van der Waals surface area contributed by atoms with Crippen LogP contribution in [0.3, 0.4) is 0 Å². The summed E-state index contributed by atoms with van der Waals surface area (Å²) in [5, 5.41) is 8.85. The summed E-state index contributed by atoms with van der Waals surface area (Å²) >= 11 is 0. The first-order valence-corrected chi connectivity index (χ1v) is 7.11. The van der Waals surface area contributed by atoms with Crippen LogP contribution in [0.15, 0.2) is 0 Å².